The van der Waals surface area contributed by atoms with Crippen LogP contribution >= 0.6 is 23.2 Å². The Bertz CT molecular complexity index is 429. The van der Waals surface area contributed by atoms with Crippen molar-refractivity contribution >= 4 is 28.9 Å². The molecule has 1 aromatic rings. The van der Waals surface area contributed by atoms with Crippen molar-refractivity contribution in [3.05, 3.63) is 33.3 Å². The van der Waals surface area contributed by atoms with Gasteiger partial charge in [-0.05, 0) is 25.5 Å². The summed E-state index contributed by atoms with van der Waals surface area (Å²) in [6.45, 7) is 3.91. The Morgan fingerprint density at radius 2 is 2.13 bits per heavy atom. The molecule has 0 aromatic heterocycles. The Balaban J connectivity index is 2.48. The molecule has 4 heteroatoms. The van der Waals surface area contributed by atoms with Gasteiger partial charge in [0.15, 0.2) is 0 Å². The van der Waals surface area contributed by atoms with Gasteiger partial charge >= 0.3 is 0 Å². The summed E-state index contributed by atoms with van der Waals surface area (Å²) in [6.07, 6.45) is 0.857. The summed E-state index contributed by atoms with van der Waals surface area (Å²) in [7, 11) is 0. The van der Waals surface area contributed by atoms with E-state index in [0.717, 1.165) is 23.3 Å². The maximum absolute atomic E-state index is 6.21. The van der Waals surface area contributed by atoms with E-state index in [-0.39, 0.29) is 6.10 Å². The average molecular weight is 244 g/mol. The minimum Gasteiger partial charge on any atom is -0.392 e. The first-order chi connectivity index (χ1) is 7.09. The zero-order valence-corrected chi connectivity index (χ0v) is 10.1. The zero-order valence-electron chi connectivity index (χ0n) is 8.55. The molecule has 0 radical (unpaired) electrons. The second kappa shape index (κ2) is 4.03. The molecule has 2 nitrogen and oxygen atoms in total. The molecular formula is C11H11Cl2NO. The second-order valence-corrected chi connectivity index (χ2v) is 4.50. The maximum Gasteiger partial charge on any atom is 0.130 e. The van der Waals surface area contributed by atoms with Crippen LogP contribution in [0.4, 0.5) is 0 Å². The fraction of sp³-hybridized carbons (Fsp3) is 0.364. The Morgan fingerprint density at radius 1 is 1.40 bits per heavy atom. The normalized spacial score (nSPS) is 20.0. The molecule has 80 valence electrons. The van der Waals surface area contributed by atoms with Crippen LogP contribution in [0.25, 0.3) is 0 Å². The third-order valence-electron chi connectivity index (χ3n) is 2.40. The molecule has 1 aliphatic heterocycles. The highest BCUT2D eigenvalue weighted by molar-refractivity contribution is 6.40. The van der Waals surface area contributed by atoms with Crippen LogP contribution in [-0.2, 0) is 4.84 Å². The molecule has 0 amide bonds. The molecule has 0 saturated carbocycles. The zero-order chi connectivity index (χ0) is 11.0. The summed E-state index contributed by atoms with van der Waals surface area (Å²) < 4.78 is 0. The van der Waals surface area contributed by atoms with Gasteiger partial charge in [-0.2, -0.15) is 0 Å². The quantitative estimate of drug-likeness (QED) is 0.735. The summed E-state index contributed by atoms with van der Waals surface area (Å²) in [5, 5.41) is 5.29. The van der Waals surface area contributed by atoms with E-state index in [1.807, 2.05) is 26.0 Å². The van der Waals surface area contributed by atoms with Crippen molar-refractivity contribution in [2.45, 2.75) is 26.4 Å². The lowest BCUT2D eigenvalue weighted by Crippen LogP contribution is -2.05. The summed E-state index contributed by atoms with van der Waals surface area (Å²) in [6, 6.07) is 3.73. The molecule has 1 unspecified atom stereocenters. The Kier molecular flexibility index (Phi) is 2.89. The molecule has 2 rings (SSSR count). The van der Waals surface area contributed by atoms with Gasteiger partial charge in [0.25, 0.3) is 0 Å². The molecule has 1 aromatic carbocycles. The summed E-state index contributed by atoms with van der Waals surface area (Å²) in [4.78, 5) is 5.14. The standard InChI is InChI=1S/C11H11Cl2NO/c1-6-3-4-8(12)10(11(6)13)9-5-7(2)15-14-9/h3-4,7H,5H2,1-2H3. The van der Waals surface area contributed by atoms with Gasteiger partial charge in [0.2, 0.25) is 0 Å². The molecule has 15 heavy (non-hydrogen) atoms. The lowest BCUT2D eigenvalue weighted by Gasteiger charge is -2.07. The smallest absolute Gasteiger partial charge is 0.130 e. The van der Waals surface area contributed by atoms with Gasteiger partial charge in [0.1, 0.15) is 6.10 Å². The molecule has 1 atom stereocenters. The number of oxime groups is 1. The number of rotatable bonds is 1. The largest absolute Gasteiger partial charge is 0.392 e. The average Bonchev–Trinajstić information content (AvgIpc) is 2.59. The van der Waals surface area contributed by atoms with Crippen molar-refractivity contribution in [3.63, 3.8) is 0 Å². The number of benzene rings is 1. The number of nitrogens with zero attached hydrogens (tertiary/aromatic N) is 1. The van der Waals surface area contributed by atoms with E-state index < -0.39 is 0 Å². The molecule has 0 aliphatic carbocycles. The second-order valence-electron chi connectivity index (χ2n) is 3.71. The highest BCUT2D eigenvalue weighted by atomic mass is 35.5. The van der Waals surface area contributed by atoms with Crippen molar-refractivity contribution < 1.29 is 4.84 Å². The van der Waals surface area contributed by atoms with Crippen LogP contribution in [0, 0.1) is 6.92 Å². The first kappa shape index (κ1) is 10.8. The van der Waals surface area contributed by atoms with Crippen LogP contribution in [-0.4, -0.2) is 11.8 Å². The van der Waals surface area contributed by atoms with Crippen molar-refractivity contribution in [3.8, 4) is 0 Å². The van der Waals surface area contributed by atoms with Crippen molar-refractivity contribution in [2.75, 3.05) is 0 Å². The minimum absolute atomic E-state index is 0.104. The summed E-state index contributed by atoms with van der Waals surface area (Å²) in [5.41, 5.74) is 2.64. The lowest BCUT2D eigenvalue weighted by atomic mass is 10.0. The molecule has 0 saturated heterocycles. The monoisotopic (exact) mass is 243 g/mol. The molecule has 0 spiro atoms. The summed E-state index contributed by atoms with van der Waals surface area (Å²) in [5.74, 6) is 0. The number of hydrogen-bond acceptors (Lipinski definition) is 2. The Hall–Kier alpha value is -0.730. The number of halogens is 2. The topological polar surface area (TPSA) is 21.6 Å². The van der Waals surface area contributed by atoms with Gasteiger partial charge in [0, 0.05) is 12.0 Å². The van der Waals surface area contributed by atoms with Crippen molar-refractivity contribution in [1.82, 2.24) is 0 Å². The van der Waals surface area contributed by atoms with Crippen LogP contribution in [0.3, 0.4) is 0 Å². The van der Waals surface area contributed by atoms with E-state index in [1.165, 1.54) is 0 Å². The van der Waals surface area contributed by atoms with Crippen LogP contribution in [0.1, 0.15) is 24.5 Å². The van der Waals surface area contributed by atoms with Crippen LogP contribution < -0.4 is 0 Å². The number of aryl methyl sites for hydroxylation is 1. The summed E-state index contributed by atoms with van der Waals surface area (Å²) >= 11 is 12.3. The van der Waals surface area contributed by atoms with Gasteiger partial charge in [-0.1, -0.05) is 34.4 Å². The highest BCUT2D eigenvalue weighted by Crippen LogP contribution is 2.31. The Labute approximate surface area is 98.8 Å². The van der Waals surface area contributed by atoms with E-state index in [1.54, 1.807) is 0 Å². The van der Waals surface area contributed by atoms with Crippen LogP contribution in [0.5, 0.6) is 0 Å². The molecule has 0 bridgehead atoms. The van der Waals surface area contributed by atoms with Gasteiger partial charge in [-0.3, -0.25) is 0 Å². The molecule has 1 aliphatic rings. The highest BCUT2D eigenvalue weighted by Gasteiger charge is 2.22. The minimum atomic E-state index is 0.104. The third kappa shape index (κ3) is 1.97. The maximum atomic E-state index is 6.21. The fourth-order valence-corrected chi connectivity index (χ4v) is 2.16. The third-order valence-corrected chi connectivity index (χ3v) is 3.20. The van der Waals surface area contributed by atoms with Crippen LogP contribution in [0.2, 0.25) is 10.0 Å². The molecule has 0 N–H and O–H groups in total. The SMILES string of the molecule is Cc1ccc(Cl)c(C2=NOC(C)C2)c1Cl. The molecule has 1 heterocycles. The van der Waals surface area contributed by atoms with E-state index in [4.69, 9.17) is 28.0 Å². The fourth-order valence-electron chi connectivity index (χ4n) is 1.57. The molecular weight excluding hydrogens is 233 g/mol. The van der Waals surface area contributed by atoms with Crippen molar-refractivity contribution in [2.24, 2.45) is 5.16 Å². The van der Waals surface area contributed by atoms with Gasteiger partial charge in [-0.25, -0.2) is 0 Å². The molecule has 0 fully saturated rings. The first-order valence-electron chi connectivity index (χ1n) is 4.77. The van der Waals surface area contributed by atoms with E-state index in [0.29, 0.717) is 10.0 Å². The Morgan fingerprint density at radius 3 is 2.73 bits per heavy atom. The van der Waals surface area contributed by atoms with Gasteiger partial charge in [0.05, 0.1) is 15.8 Å². The van der Waals surface area contributed by atoms with E-state index in [9.17, 15) is 0 Å². The van der Waals surface area contributed by atoms with Gasteiger partial charge in [-0.15, -0.1) is 0 Å². The van der Waals surface area contributed by atoms with E-state index in [2.05, 4.69) is 5.16 Å². The predicted molar refractivity (Wildman–Crippen MR) is 62.9 cm³/mol. The van der Waals surface area contributed by atoms with Crippen LogP contribution in [0.15, 0.2) is 17.3 Å². The van der Waals surface area contributed by atoms with Crippen molar-refractivity contribution in [1.29, 1.82) is 0 Å². The number of hydrogen-bond donors (Lipinski definition) is 0. The first-order valence-corrected chi connectivity index (χ1v) is 5.53. The predicted octanol–water partition coefficient (Wildman–Crippen LogP) is 3.81. The van der Waals surface area contributed by atoms with E-state index >= 15 is 0 Å². The lowest BCUT2D eigenvalue weighted by molar-refractivity contribution is 0.0995. The van der Waals surface area contributed by atoms with Gasteiger partial charge < -0.3 is 4.84 Å².